The first kappa shape index (κ1) is 19.2. The van der Waals surface area contributed by atoms with Gasteiger partial charge in [0.05, 0.1) is 5.56 Å². The van der Waals surface area contributed by atoms with Crippen molar-refractivity contribution >= 4 is 12.0 Å². The van der Waals surface area contributed by atoms with Crippen molar-refractivity contribution in [3.63, 3.8) is 0 Å². The fourth-order valence-electron chi connectivity index (χ4n) is 6.63. The molecule has 1 aromatic rings. The molecule has 4 saturated carbocycles. The van der Waals surface area contributed by atoms with Crippen molar-refractivity contribution in [3.05, 3.63) is 38.7 Å². The zero-order valence-electron chi connectivity index (χ0n) is 17.1. The summed E-state index contributed by atoms with van der Waals surface area (Å²) >= 11 is 0. The Bertz CT molecular complexity index is 889. The van der Waals surface area contributed by atoms with Crippen molar-refractivity contribution in [1.82, 2.24) is 14.5 Å². The number of aryl methyl sites for hydroxylation is 1. The molecule has 6 heteroatoms. The summed E-state index contributed by atoms with van der Waals surface area (Å²) < 4.78 is 2.41. The Kier molecular flexibility index (Phi) is 4.84. The number of nitrogens with one attached hydrogen (secondary N) is 1. The largest absolute Gasteiger partial charge is 0.349 e. The van der Waals surface area contributed by atoms with Gasteiger partial charge < -0.3 is 9.88 Å². The van der Waals surface area contributed by atoms with Crippen LogP contribution in [0.25, 0.3) is 6.08 Å². The van der Waals surface area contributed by atoms with Crippen LogP contribution in [0.4, 0.5) is 0 Å². The van der Waals surface area contributed by atoms with Crippen molar-refractivity contribution in [2.75, 3.05) is 0 Å². The lowest BCUT2D eigenvalue weighted by Crippen LogP contribution is -2.56. The zero-order valence-corrected chi connectivity index (χ0v) is 17.1. The van der Waals surface area contributed by atoms with E-state index in [0.29, 0.717) is 5.56 Å². The molecule has 0 aliphatic heterocycles. The highest BCUT2D eigenvalue weighted by atomic mass is 16.2. The Balaban J connectivity index is 1.49. The van der Waals surface area contributed by atoms with Crippen LogP contribution in [0, 0.1) is 23.2 Å². The minimum atomic E-state index is -0.389. The topological polar surface area (TPSA) is 73.1 Å². The summed E-state index contributed by atoms with van der Waals surface area (Å²) in [7, 11) is 3.04. The molecule has 1 amide bonds. The summed E-state index contributed by atoms with van der Waals surface area (Å²) in [4.78, 5) is 36.7. The molecular formula is C22H31N3O3. The summed E-state index contributed by atoms with van der Waals surface area (Å²) in [5.74, 6) is 2.39. The molecule has 1 aromatic heterocycles. The van der Waals surface area contributed by atoms with Gasteiger partial charge in [-0.1, -0.05) is 6.92 Å². The SMILES string of the molecule is CCC(NC(=O)C=Cc1cn(C)c(=O)n(C)c1=O)C12CC3CC(CC(C3)C1)C2. The molecule has 4 fully saturated rings. The molecule has 4 aliphatic rings. The fourth-order valence-corrected chi connectivity index (χ4v) is 6.63. The van der Waals surface area contributed by atoms with Crippen molar-refractivity contribution in [3.8, 4) is 0 Å². The Hall–Kier alpha value is -2.11. The average molecular weight is 386 g/mol. The predicted octanol–water partition coefficient (Wildman–Crippen LogP) is 2.21. The van der Waals surface area contributed by atoms with Gasteiger partial charge in [0.2, 0.25) is 5.91 Å². The summed E-state index contributed by atoms with van der Waals surface area (Å²) in [6.45, 7) is 2.16. The molecule has 1 atom stereocenters. The Morgan fingerprint density at radius 3 is 2.29 bits per heavy atom. The third-order valence-electron chi connectivity index (χ3n) is 7.44. The maximum absolute atomic E-state index is 12.7. The van der Waals surface area contributed by atoms with Crippen LogP contribution in [0.5, 0.6) is 0 Å². The first-order chi connectivity index (χ1) is 13.3. The second-order valence-corrected chi connectivity index (χ2v) is 9.42. The zero-order chi connectivity index (χ0) is 20.1. The van der Waals surface area contributed by atoms with E-state index >= 15 is 0 Å². The predicted molar refractivity (Wildman–Crippen MR) is 109 cm³/mol. The van der Waals surface area contributed by atoms with Crippen LogP contribution in [-0.4, -0.2) is 21.1 Å². The molecule has 0 spiro atoms. The summed E-state index contributed by atoms with van der Waals surface area (Å²) in [5.41, 5.74) is -0.165. The number of amides is 1. The summed E-state index contributed by atoms with van der Waals surface area (Å²) in [5, 5.41) is 3.25. The molecule has 1 heterocycles. The third-order valence-corrected chi connectivity index (χ3v) is 7.44. The Labute approximate surface area is 165 Å². The second-order valence-electron chi connectivity index (χ2n) is 9.42. The van der Waals surface area contributed by atoms with Gasteiger partial charge in [-0.3, -0.25) is 14.2 Å². The molecule has 28 heavy (non-hydrogen) atoms. The normalized spacial score (nSPS) is 32.0. The number of hydrogen-bond acceptors (Lipinski definition) is 3. The molecular weight excluding hydrogens is 354 g/mol. The Morgan fingerprint density at radius 1 is 1.18 bits per heavy atom. The lowest BCUT2D eigenvalue weighted by Gasteiger charge is -2.59. The smallest absolute Gasteiger partial charge is 0.330 e. The number of rotatable bonds is 5. The maximum Gasteiger partial charge on any atom is 0.330 e. The lowest BCUT2D eigenvalue weighted by atomic mass is 9.47. The van der Waals surface area contributed by atoms with Crippen LogP contribution in [0.1, 0.15) is 57.4 Å². The van der Waals surface area contributed by atoms with Crippen LogP contribution < -0.4 is 16.6 Å². The Morgan fingerprint density at radius 2 is 1.75 bits per heavy atom. The van der Waals surface area contributed by atoms with Crippen LogP contribution >= 0.6 is 0 Å². The number of hydrogen-bond donors (Lipinski definition) is 1. The van der Waals surface area contributed by atoms with Gasteiger partial charge >= 0.3 is 5.69 Å². The molecule has 0 aromatic carbocycles. The minimum Gasteiger partial charge on any atom is -0.349 e. The first-order valence-corrected chi connectivity index (χ1v) is 10.6. The minimum absolute atomic E-state index is 0.154. The highest BCUT2D eigenvalue weighted by Gasteiger charge is 2.53. The number of carbonyl (C=O) groups is 1. The number of aromatic nitrogens is 2. The van der Waals surface area contributed by atoms with Crippen molar-refractivity contribution in [2.45, 2.75) is 57.9 Å². The summed E-state index contributed by atoms with van der Waals surface area (Å²) in [6, 6.07) is 0.195. The molecule has 0 radical (unpaired) electrons. The standard InChI is InChI=1S/C22H31N3O3/c1-4-18(22-10-14-7-15(11-22)9-16(8-14)12-22)23-19(26)6-5-17-13-24(2)21(28)25(3)20(17)27/h5-6,13-16,18H,4,7-12H2,1-3H3,(H,23,26). The van der Waals surface area contributed by atoms with Gasteiger partial charge in [-0.25, -0.2) is 4.79 Å². The fraction of sp³-hybridized carbons (Fsp3) is 0.682. The van der Waals surface area contributed by atoms with Crippen LogP contribution in [0.15, 0.2) is 21.9 Å². The van der Waals surface area contributed by atoms with E-state index in [1.807, 2.05) is 0 Å². The molecule has 5 rings (SSSR count). The highest BCUT2D eigenvalue weighted by molar-refractivity contribution is 5.91. The molecule has 0 saturated heterocycles. The van der Waals surface area contributed by atoms with E-state index in [-0.39, 0.29) is 28.6 Å². The summed E-state index contributed by atoms with van der Waals surface area (Å²) in [6.07, 6.45) is 13.3. The number of nitrogens with zero attached hydrogens (tertiary/aromatic N) is 2. The molecule has 1 unspecified atom stereocenters. The average Bonchev–Trinajstić information content (AvgIpc) is 2.65. The van der Waals surface area contributed by atoms with Crippen molar-refractivity contribution in [2.24, 2.45) is 37.3 Å². The van der Waals surface area contributed by atoms with Gasteiger partial charge in [-0.2, -0.15) is 0 Å². The van der Waals surface area contributed by atoms with Gasteiger partial charge in [0.15, 0.2) is 0 Å². The maximum atomic E-state index is 12.7. The van der Waals surface area contributed by atoms with Gasteiger partial charge in [0.25, 0.3) is 5.56 Å². The van der Waals surface area contributed by atoms with Crippen molar-refractivity contribution in [1.29, 1.82) is 0 Å². The lowest BCUT2D eigenvalue weighted by molar-refractivity contribution is -0.122. The quantitative estimate of drug-likeness (QED) is 0.790. The second kappa shape index (κ2) is 7.05. The van der Waals surface area contributed by atoms with Gasteiger partial charge in [-0.05, 0) is 74.2 Å². The van der Waals surface area contributed by atoms with E-state index in [1.54, 1.807) is 7.05 Å². The van der Waals surface area contributed by atoms with E-state index in [4.69, 9.17) is 0 Å². The third kappa shape index (κ3) is 3.27. The van der Waals surface area contributed by atoms with Gasteiger partial charge in [0.1, 0.15) is 0 Å². The molecule has 4 aliphatic carbocycles. The number of carbonyl (C=O) groups excluding carboxylic acids is 1. The van der Waals surface area contributed by atoms with Gasteiger partial charge in [-0.15, -0.1) is 0 Å². The monoisotopic (exact) mass is 385 g/mol. The van der Waals surface area contributed by atoms with E-state index in [2.05, 4.69) is 12.2 Å². The molecule has 1 N–H and O–H groups in total. The van der Waals surface area contributed by atoms with E-state index in [9.17, 15) is 14.4 Å². The van der Waals surface area contributed by atoms with Crippen LogP contribution in [0.3, 0.4) is 0 Å². The highest BCUT2D eigenvalue weighted by Crippen LogP contribution is 2.61. The first-order valence-electron chi connectivity index (χ1n) is 10.6. The van der Waals surface area contributed by atoms with Crippen LogP contribution in [-0.2, 0) is 18.9 Å². The molecule has 6 nitrogen and oxygen atoms in total. The van der Waals surface area contributed by atoms with E-state index in [1.165, 1.54) is 68.5 Å². The van der Waals surface area contributed by atoms with Crippen molar-refractivity contribution < 1.29 is 4.79 Å². The molecule has 4 bridgehead atoms. The van der Waals surface area contributed by atoms with Crippen LogP contribution in [0.2, 0.25) is 0 Å². The van der Waals surface area contributed by atoms with Gasteiger partial charge in [0, 0.05) is 32.4 Å². The van der Waals surface area contributed by atoms with E-state index in [0.717, 1.165) is 28.7 Å². The molecule has 152 valence electrons. The van der Waals surface area contributed by atoms with E-state index < -0.39 is 0 Å².